The second-order valence-electron chi connectivity index (χ2n) is 6.72. The third-order valence-corrected chi connectivity index (χ3v) is 6.68. The van der Waals surface area contributed by atoms with E-state index in [2.05, 4.69) is 10.00 Å². The normalized spacial score (nSPS) is 16.3. The van der Waals surface area contributed by atoms with Crippen molar-refractivity contribution in [3.63, 3.8) is 0 Å². The number of piperazine rings is 1. The van der Waals surface area contributed by atoms with Crippen LogP contribution in [0.4, 0.5) is 5.69 Å². The van der Waals surface area contributed by atoms with Gasteiger partial charge in [0.1, 0.15) is 10.6 Å². The lowest BCUT2D eigenvalue weighted by molar-refractivity contribution is 0.378. The molecule has 0 unspecified atom stereocenters. The summed E-state index contributed by atoms with van der Waals surface area (Å²) in [6, 6.07) is 7.94. The average Bonchev–Trinajstić information content (AvgIpc) is 3.05. The number of nitrogens with zero attached hydrogens (tertiary/aromatic N) is 4. The van der Waals surface area contributed by atoms with Crippen LogP contribution in [-0.4, -0.2) is 55.8 Å². The van der Waals surface area contributed by atoms with E-state index in [-0.39, 0.29) is 6.04 Å². The molecule has 7 nitrogen and oxygen atoms in total. The molecule has 1 aliphatic heterocycles. The van der Waals surface area contributed by atoms with Gasteiger partial charge < -0.3 is 9.64 Å². The smallest absolute Gasteiger partial charge is 0.246 e. The second kappa shape index (κ2) is 7.28. The van der Waals surface area contributed by atoms with E-state index in [1.807, 2.05) is 38.1 Å². The van der Waals surface area contributed by atoms with Crippen LogP contribution in [0.25, 0.3) is 0 Å². The summed E-state index contributed by atoms with van der Waals surface area (Å²) in [7, 11) is -1.89. The van der Waals surface area contributed by atoms with E-state index in [9.17, 15) is 8.42 Å². The molecule has 142 valence electrons. The monoisotopic (exact) mass is 378 g/mol. The van der Waals surface area contributed by atoms with Gasteiger partial charge >= 0.3 is 0 Å². The number of hydrogen-bond acceptors (Lipinski definition) is 5. The van der Waals surface area contributed by atoms with E-state index in [1.165, 1.54) is 0 Å². The van der Waals surface area contributed by atoms with Crippen molar-refractivity contribution in [2.75, 3.05) is 38.2 Å². The minimum absolute atomic E-state index is 0.125. The molecule has 0 N–H and O–H groups in total. The first-order chi connectivity index (χ1) is 12.3. The highest BCUT2D eigenvalue weighted by Crippen LogP contribution is 2.29. The van der Waals surface area contributed by atoms with Gasteiger partial charge in [-0.3, -0.25) is 4.68 Å². The van der Waals surface area contributed by atoms with Crippen LogP contribution in [0.15, 0.2) is 35.4 Å². The molecule has 26 heavy (non-hydrogen) atoms. The van der Waals surface area contributed by atoms with Crippen molar-refractivity contribution in [1.29, 1.82) is 0 Å². The van der Waals surface area contributed by atoms with Gasteiger partial charge in [0, 0.05) is 38.4 Å². The molecule has 8 heteroatoms. The summed E-state index contributed by atoms with van der Waals surface area (Å²) in [6.07, 6.45) is 1.64. The van der Waals surface area contributed by atoms with Crippen LogP contribution >= 0.6 is 0 Å². The fraction of sp³-hybridized carbons (Fsp3) is 0.500. The van der Waals surface area contributed by atoms with Crippen LogP contribution in [0.5, 0.6) is 5.75 Å². The third kappa shape index (κ3) is 3.43. The zero-order valence-electron chi connectivity index (χ0n) is 15.7. The van der Waals surface area contributed by atoms with Crippen molar-refractivity contribution >= 4 is 15.7 Å². The number of hydrogen-bond donors (Lipinski definition) is 0. The number of ether oxygens (including phenoxy) is 1. The molecule has 1 fully saturated rings. The summed E-state index contributed by atoms with van der Waals surface area (Å²) in [5, 5.41) is 4.34. The van der Waals surface area contributed by atoms with Crippen LogP contribution in [0, 0.1) is 6.92 Å². The Kier molecular flexibility index (Phi) is 5.24. The third-order valence-electron chi connectivity index (χ3n) is 4.68. The van der Waals surface area contributed by atoms with E-state index >= 15 is 0 Å². The fourth-order valence-corrected chi connectivity index (χ4v) is 4.76. The van der Waals surface area contributed by atoms with E-state index in [0.717, 1.165) is 11.4 Å². The zero-order chi connectivity index (χ0) is 18.9. The summed E-state index contributed by atoms with van der Waals surface area (Å²) >= 11 is 0. The molecule has 0 radical (unpaired) electrons. The highest BCUT2D eigenvalue weighted by Gasteiger charge is 2.32. The van der Waals surface area contributed by atoms with Crippen LogP contribution in [0.1, 0.15) is 25.6 Å². The van der Waals surface area contributed by atoms with Crippen molar-refractivity contribution in [2.45, 2.75) is 31.7 Å². The standard InChI is InChI=1S/C18H26N4O3S/c1-14(2)22-13-18(15(3)19-22)26(23,24)21-11-9-20(10-12-21)16-7-5-6-8-17(16)25-4/h5-8,13-14H,9-12H2,1-4H3. The van der Waals surface area contributed by atoms with Crippen LogP contribution in [-0.2, 0) is 10.0 Å². The van der Waals surface area contributed by atoms with E-state index in [4.69, 9.17) is 4.74 Å². The molecule has 0 aliphatic carbocycles. The van der Waals surface area contributed by atoms with Gasteiger partial charge in [-0.05, 0) is 32.9 Å². The summed E-state index contributed by atoms with van der Waals surface area (Å²) in [6.45, 7) is 7.83. The molecule has 1 aromatic carbocycles. The first kappa shape index (κ1) is 18.7. The Morgan fingerprint density at radius 2 is 1.77 bits per heavy atom. The maximum atomic E-state index is 13.0. The lowest BCUT2D eigenvalue weighted by atomic mass is 10.2. The number of aryl methyl sites for hydroxylation is 1. The van der Waals surface area contributed by atoms with Gasteiger partial charge in [0.15, 0.2) is 0 Å². The molecule has 0 atom stereocenters. The zero-order valence-corrected chi connectivity index (χ0v) is 16.5. The van der Waals surface area contributed by atoms with Gasteiger partial charge in [0.05, 0.1) is 18.5 Å². The molecule has 0 saturated carbocycles. The molecule has 0 bridgehead atoms. The van der Waals surface area contributed by atoms with Crippen molar-refractivity contribution in [3.8, 4) is 5.75 Å². The van der Waals surface area contributed by atoms with Gasteiger partial charge in [-0.25, -0.2) is 8.42 Å². The number of rotatable bonds is 5. The second-order valence-corrected chi connectivity index (χ2v) is 8.62. The van der Waals surface area contributed by atoms with Crippen molar-refractivity contribution in [2.24, 2.45) is 0 Å². The van der Waals surface area contributed by atoms with Crippen molar-refractivity contribution in [1.82, 2.24) is 14.1 Å². The molecule has 3 rings (SSSR count). The first-order valence-electron chi connectivity index (χ1n) is 8.78. The maximum absolute atomic E-state index is 13.0. The Hall–Kier alpha value is -2.06. The molecule has 0 spiro atoms. The molecule has 1 saturated heterocycles. The Labute approximate surface area is 155 Å². The highest BCUT2D eigenvalue weighted by atomic mass is 32.2. The number of anilines is 1. The van der Waals surface area contributed by atoms with E-state index < -0.39 is 10.0 Å². The lowest BCUT2D eigenvalue weighted by Crippen LogP contribution is -2.48. The Balaban J connectivity index is 1.77. The topological polar surface area (TPSA) is 67.7 Å². The van der Waals surface area contributed by atoms with E-state index in [0.29, 0.717) is 36.8 Å². The number of sulfonamides is 1. The predicted molar refractivity (Wildman–Crippen MR) is 101 cm³/mol. The molecular formula is C18H26N4O3S. The summed E-state index contributed by atoms with van der Waals surface area (Å²) in [5.74, 6) is 0.804. The molecule has 1 aromatic heterocycles. The van der Waals surface area contributed by atoms with Crippen LogP contribution < -0.4 is 9.64 Å². The highest BCUT2D eigenvalue weighted by molar-refractivity contribution is 7.89. The first-order valence-corrected chi connectivity index (χ1v) is 10.2. The number of para-hydroxylation sites is 2. The number of aromatic nitrogens is 2. The molecular weight excluding hydrogens is 352 g/mol. The average molecular weight is 378 g/mol. The van der Waals surface area contributed by atoms with Gasteiger partial charge in [-0.1, -0.05) is 12.1 Å². The van der Waals surface area contributed by atoms with Crippen LogP contribution in [0.2, 0.25) is 0 Å². The Bertz CT molecular complexity index is 868. The number of methoxy groups -OCH3 is 1. The Morgan fingerprint density at radius 1 is 1.12 bits per heavy atom. The predicted octanol–water partition coefficient (Wildman–Crippen LogP) is 2.29. The number of benzene rings is 1. The summed E-state index contributed by atoms with van der Waals surface area (Å²) in [5.41, 5.74) is 1.54. The fourth-order valence-electron chi connectivity index (χ4n) is 3.18. The van der Waals surface area contributed by atoms with Gasteiger partial charge in [0.2, 0.25) is 10.0 Å². The summed E-state index contributed by atoms with van der Waals surface area (Å²) in [4.78, 5) is 2.46. The van der Waals surface area contributed by atoms with Crippen molar-refractivity contribution in [3.05, 3.63) is 36.2 Å². The van der Waals surface area contributed by atoms with E-state index in [1.54, 1.807) is 29.2 Å². The van der Waals surface area contributed by atoms with Crippen molar-refractivity contribution < 1.29 is 13.2 Å². The molecule has 2 aromatic rings. The van der Waals surface area contributed by atoms with Gasteiger partial charge in [0.25, 0.3) is 0 Å². The Morgan fingerprint density at radius 3 is 2.35 bits per heavy atom. The maximum Gasteiger partial charge on any atom is 0.246 e. The van der Waals surface area contributed by atoms with Gasteiger partial charge in [-0.2, -0.15) is 9.40 Å². The largest absolute Gasteiger partial charge is 0.495 e. The van der Waals surface area contributed by atoms with Gasteiger partial charge in [-0.15, -0.1) is 0 Å². The quantitative estimate of drug-likeness (QED) is 0.799. The molecule has 0 amide bonds. The lowest BCUT2D eigenvalue weighted by Gasteiger charge is -2.35. The molecule has 1 aliphatic rings. The minimum Gasteiger partial charge on any atom is -0.495 e. The summed E-state index contributed by atoms with van der Waals surface area (Å²) < 4.78 is 34.7. The van der Waals surface area contributed by atoms with Crippen LogP contribution in [0.3, 0.4) is 0 Å². The SMILES string of the molecule is COc1ccccc1N1CCN(S(=O)(=O)c2cn(C(C)C)nc2C)CC1. The molecule has 2 heterocycles. The minimum atomic E-state index is -3.53.